The van der Waals surface area contributed by atoms with Crippen LogP contribution in [0.25, 0.3) is 0 Å². The molecule has 1 aromatic carbocycles. The minimum atomic E-state index is -3.75. The van der Waals surface area contributed by atoms with Gasteiger partial charge in [0.15, 0.2) is 0 Å². The van der Waals surface area contributed by atoms with Gasteiger partial charge in [0.2, 0.25) is 15.9 Å². The van der Waals surface area contributed by atoms with Crippen LogP contribution in [0, 0.1) is 0 Å². The van der Waals surface area contributed by atoms with Gasteiger partial charge in [-0.1, -0.05) is 11.6 Å². The Bertz CT molecular complexity index is 660. The van der Waals surface area contributed by atoms with Crippen LogP contribution in [0.2, 0.25) is 5.02 Å². The van der Waals surface area contributed by atoms with Crippen molar-refractivity contribution in [2.75, 3.05) is 39.3 Å². The van der Waals surface area contributed by atoms with E-state index in [1.54, 1.807) is 0 Å². The number of hydrogen-bond donors (Lipinski definition) is 3. The Morgan fingerprint density at radius 3 is 2.56 bits per heavy atom. The normalized spacial score (nSPS) is 17.2. The number of carbonyl (C=O) groups is 1. The highest BCUT2D eigenvalue weighted by Gasteiger charge is 2.21. The van der Waals surface area contributed by atoms with Crippen LogP contribution in [0.1, 0.15) is 13.3 Å². The van der Waals surface area contributed by atoms with Crippen LogP contribution in [0.4, 0.5) is 0 Å². The number of halogens is 1. The highest BCUT2D eigenvalue weighted by Crippen LogP contribution is 2.14. The lowest BCUT2D eigenvalue weighted by atomic mass is 10.3. The predicted molar refractivity (Wildman–Crippen MR) is 98.2 cm³/mol. The summed E-state index contributed by atoms with van der Waals surface area (Å²) in [4.78, 5) is 14.5. The van der Waals surface area contributed by atoms with Crippen LogP contribution in [0.3, 0.4) is 0 Å². The molecule has 0 aromatic heterocycles. The van der Waals surface area contributed by atoms with Gasteiger partial charge in [0.25, 0.3) is 0 Å². The first kappa shape index (κ1) is 20.1. The summed E-state index contributed by atoms with van der Waals surface area (Å²) in [5.41, 5.74) is 0. The van der Waals surface area contributed by atoms with E-state index in [2.05, 4.69) is 20.3 Å². The molecule has 0 bridgehead atoms. The molecule has 1 aromatic rings. The summed E-state index contributed by atoms with van der Waals surface area (Å²) in [6.07, 6.45) is 0.836. The van der Waals surface area contributed by atoms with E-state index in [4.69, 9.17) is 11.6 Å². The topological polar surface area (TPSA) is 90.5 Å². The molecule has 0 saturated carbocycles. The number of sulfonamides is 1. The second-order valence-corrected chi connectivity index (χ2v) is 8.18. The Hall–Kier alpha value is -1.19. The molecule has 140 valence electrons. The van der Waals surface area contributed by atoms with Crippen molar-refractivity contribution in [3.05, 3.63) is 29.3 Å². The average molecular weight is 389 g/mol. The maximum Gasteiger partial charge on any atom is 0.241 e. The molecule has 2 rings (SSSR count). The van der Waals surface area contributed by atoms with Crippen LogP contribution in [0.15, 0.2) is 29.2 Å². The number of rotatable bonds is 8. The third kappa shape index (κ3) is 6.56. The number of nitrogens with one attached hydrogen (secondary N) is 3. The third-order valence-corrected chi connectivity index (χ3v) is 5.82. The summed E-state index contributed by atoms with van der Waals surface area (Å²) in [6, 6.07) is 4.96. The molecule has 9 heteroatoms. The second kappa shape index (κ2) is 9.49. The molecule has 0 spiro atoms. The van der Waals surface area contributed by atoms with E-state index >= 15 is 0 Å². The lowest BCUT2D eigenvalue weighted by molar-refractivity contribution is -0.122. The first-order valence-corrected chi connectivity index (χ1v) is 10.2. The zero-order valence-corrected chi connectivity index (χ0v) is 15.9. The molecule has 0 aliphatic carbocycles. The van der Waals surface area contributed by atoms with Gasteiger partial charge in [-0.3, -0.25) is 4.79 Å². The van der Waals surface area contributed by atoms with Gasteiger partial charge in [-0.25, -0.2) is 8.42 Å². The van der Waals surface area contributed by atoms with Crippen LogP contribution < -0.4 is 15.4 Å². The van der Waals surface area contributed by atoms with E-state index in [9.17, 15) is 13.2 Å². The Morgan fingerprint density at radius 1 is 1.28 bits per heavy atom. The summed E-state index contributed by atoms with van der Waals surface area (Å²) in [5, 5.41) is 6.52. The van der Waals surface area contributed by atoms with Gasteiger partial charge in [-0.05, 0) is 44.2 Å². The predicted octanol–water partition coefficient (Wildman–Crippen LogP) is 0.418. The number of carbonyl (C=O) groups excluding carboxylic acids is 1. The van der Waals surface area contributed by atoms with E-state index < -0.39 is 16.1 Å². The van der Waals surface area contributed by atoms with Gasteiger partial charge in [0.1, 0.15) is 0 Å². The fourth-order valence-corrected chi connectivity index (χ4v) is 3.90. The summed E-state index contributed by atoms with van der Waals surface area (Å²) in [7, 11) is -3.75. The Morgan fingerprint density at radius 2 is 1.92 bits per heavy atom. The smallest absolute Gasteiger partial charge is 0.241 e. The lowest BCUT2D eigenvalue weighted by Crippen LogP contribution is -2.46. The number of benzene rings is 1. The van der Waals surface area contributed by atoms with Gasteiger partial charge in [-0.2, -0.15) is 4.72 Å². The van der Waals surface area contributed by atoms with E-state index in [1.165, 1.54) is 31.2 Å². The average Bonchev–Trinajstić information content (AvgIpc) is 2.59. The van der Waals surface area contributed by atoms with Crippen molar-refractivity contribution in [2.24, 2.45) is 0 Å². The molecule has 1 amide bonds. The van der Waals surface area contributed by atoms with Crippen LogP contribution >= 0.6 is 11.6 Å². The maximum absolute atomic E-state index is 12.2. The quantitative estimate of drug-likeness (QED) is 0.561. The minimum Gasteiger partial charge on any atom is -0.355 e. The molecule has 1 aliphatic heterocycles. The molecule has 25 heavy (non-hydrogen) atoms. The monoisotopic (exact) mass is 388 g/mol. The van der Waals surface area contributed by atoms with E-state index in [0.717, 1.165) is 39.1 Å². The number of hydrogen-bond acceptors (Lipinski definition) is 5. The van der Waals surface area contributed by atoms with Crippen molar-refractivity contribution in [1.82, 2.24) is 20.3 Å². The van der Waals surface area contributed by atoms with Crippen molar-refractivity contribution in [1.29, 1.82) is 0 Å². The van der Waals surface area contributed by atoms with Crippen molar-refractivity contribution in [3.8, 4) is 0 Å². The number of amides is 1. The van der Waals surface area contributed by atoms with Crippen molar-refractivity contribution in [3.63, 3.8) is 0 Å². The second-order valence-electron chi connectivity index (χ2n) is 6.03. The number of nitrogens with zero attached hydrogens (tertiary/aromatic N) is 1. The Labute approximate surface area is 154 Å². The molecular formula is C16H25ClN4O3S. The Balaban J connectivity index is 1.74. The SMILES string of the molecule is CC(NS(=O)(=O)c1ccc(Cl)cc1)C(=O)NCCCN1CCNCC1. The molecule has 3 N–H and O–H groups in total. The van der Waals surface area contributed by atoms with Crippen LogP contribution in [-0.4, -0.2) is 64.5 Å². The molecule has 1 aliphatic rings. The molecule has 1 heterocycles. The lowest BCUT2D eigenvalue weighted by Gasteiger charge is -2.27. The van der Waals surface area contributed by atoms with Crippen molar-refractivity contribution in [2.45, 2.75) is 24.3 Å². The zero-order chi connectivity index (χ0) is 18.3. The standard InChI is InChI=1S/C16H25ClN4O3S/c1-13(20-25(23,24)15-5-3-14(17)4-6-15)16(22)19-7-2-10-21-11-8-18-9-12-21/h3-6,13,18,20H,2,7-12H2,1H3,(H,19,22). The molecule has 1 unspecified atom stereocenters. The summed E-state index contributed by atoms with van der Waals surface area (Å²) < 4.78 is 26.9. The van der Waals surface area contributed by atoms with Crippen molar-refractivity contribution >= 4 is 27.5 Å². The van der Waals surface area contributed by atoms with Gasteiger partial charge >= 0.3 is 0 Å². The van der Waals surface area contributed by atoms with Gasteiger partial charge < -0.3 is 15.5 Å². The largest absolute Gasteiger partial charge is 0.355 e. The first-order valence-electron chi connectivity index (χ1n) is 8.37. The molecular weight excluding hydrogens is 364 g/mol. The third-order valence-electron chi connectivity index (χ3n) is 4.01. The molecule has 1 atom stereocenters. The fraction of sp³-hybridized carbons (Fsp3) is 0.562. The minimum absolute atomic E-state index is 0.0789. The summed E-state index contributed by atoms with van der Waals surface area (Å²) >= 11 is 5.76. The first-order chi connectivity index (χ1) is 11.9. The van der Waals surface area contributed by atoms with E-state index in [1.807, 2.05) is 0 Å². The molecule has 1 saturated heterocycles. The van der Waals surface area contributed by atoms with Gasteiger partial charge in [0, 0.05) is 37.7 Å². The number of piperazine rings is 1. The maximum atomic E-state index is 12.2. The molecule has 7 nitrogen and oxygen atoms in total. The van der Waals surface area contributed by atoms with E-state index in [-0.39, 0.29) is 10.8 Å². The van der Waals surface area contributed by atoms with Crippen LogP contribution in [0.5, 0.6) is 0 Å². The fourth-order valence-electron chi connectivity index (χ4n) is 2.57. The van der Waals surface area contributed by atoms with Gasteiger partial charge in [-0.15, -0.1) is 0 Å². The Kier molecular flexibility index (Phi) is 7.64. The van der Waals surface area contributed by atoms with Gasteiger partial charge in [0.05, 0.1) is 10.9 Å². The summed E-state index contributed by atoms with van der Waals surface area (Å²) in [5.74, 6) is -0.335. The summed E-state index contributed by atoms with van der Waals surface area (Å²) in [6.45, 7) is 7.00. The van der Waals surface area contributed by atoms with Crippen molar-refractivity contribution < 1.29 is 13.2 Å². The zero-order valence-electron chi connectivity index (χ0n) is 14.3. The highest BCUT2D eigenvalue weighted by molar-refractivity contribution is 7.89. The van der Waals surface area contributed by atoms with E-state index in [0.29, 0.717) is 11.6 Å². The molecule has 1 fully saturated rings. The van der Waals surface area contributed by atoms with Crippen LogP contribution in [-0.2, 0) is 14.8 Å². The molecule has 0 radical (unpaired) electrons. The highest BCUT2D eigenvalue weighted by atomic mass is 35.5.